The third-order valence-corrected chi connectivity index (χ3v) is 1.79. The lowest BCUT2D eigenvalue weighted by atomic mass is 10.5. The van der Waals surface area contributed by atoms with Gasteiger partial charge in [-0.25, -0.2) is 8.42 Å². The first-order valence-electron chi connectivity index (χ1n) is 2.82. The molecule has 1 heterocycles. The van der Waals surface area contributed by atoms with Crippen LogP contribution in [0.25, 0.3) is 0 Å². The number of aromatic amines is 1. The van der Waals surface area contributed by atoms with Gasteiger partial charge >= 0.3 is 0 Å². The quantitative estimate of drug-likeness (QED) is 0.661. The fourth-order valence-electron chi connectivity index (χ4n) is 0.651. The molecule has 1 N–H and O–H groups in total. The summed E-state index contributed by atoms with van der Waals surface area (Å²) in [5.74, 6) is -0.108. The number of hydrogen-bond acceptors (Lipinski definition) is 4. The average molecular weight is 177 g/mol. The number of rotatable bonds is 2. The Morgan fingerprint density at radius 1 is 1.64 bits per heavy atom. The maximum Gasteiger partial charge on any atom is 0.280 e. The van der Waals surface area contributed by atoms with E-state index in [1.165, 1.54) is 0 Å². The molecular weight excluding hydrogens is 170 g/mol. The van der Waals surface area contributed by atoms with Crippen LogP contribution >= 0.6 is 0 Å². The van der Waals surface area contributed by atoms with Crippen molar-refractivity contribution in [2.75, 3.05) is 6.26 Å². The van der Waals surface area contributed by atoms with Crippen LogP contribution in [0.1, 0.15) is 5.76 Å². The van der Waals surface area contributed by atoms with Crippen molar-refractivity contribution < 1.29 is 12.9 Å². The third kappa shape index (κ3) is 2.58. The van der Waals surface area contributed by atoms with Crippen molar-refractivity contribution in [3.05, 3.63) is 22.2 Å². The Morgan fingerprint density at radius 3 is 2.64 bits per heavy atom. The standard InChI is InChI=1S/C5H7NO4S/c1-11(8,9)3-4-2-5(7)6-10-4/h2H,3H2,1H3,(H,6,7). The Morgan fingerprint density at radius 2 is 2.27 bits per heavy atom. The van der Waals surface area contributed by atoms with Crippen molar-refractivity contribution in [1.82, 2.24) is 5.16 Å². The predicted octanol–water partition coefficient (Wildman–Crippen LogP) is -0.487. The van der Waals surface area contributed by atoms with Crippen LogP contribution in [0.4, 0.5) is 0 Å². The van der Waals surface area contributed by atoms with Crippen LogP contribution in [-0.2, 0) is 15.6 Å². The highest BCUT2D eigenvalue weighted by Crippen LogP contribution is 1.99. The summed E-state index contributed by atoms with van der Waals surface area (Å²) < 4.78 is 25.8. The van der Waals surface area contributed by atoms with Crippen molar-refractivity contribution in [1.29, 1.82) is 0 Å². The van der Waals surface area contributed by atoms with Crippen molar-refractivity contribution >= 4 is 9.84 Å². The molecule has 0 spiro atoms. The molecule has 0 aliphatic rings. The summed E-state index contributed by atoms with van der Waals surface area (Å²) in [4.78, 5) is 10.4. The van der Waals surface area contributed by atoms with Crippen LogP contribution in [0, 0.1) is 0 Å². The molecule has 1 rings (SSSR count). The molecule has 1 aromatic heterocycles. The van der Waals surface area contributed by atoms with E-state index in [4.69, 9.17) is 0 Å². The highest BCUT2D eigenvalue weighted by molar-refractivity contribution is 7.89. The Kier molecular flexibility index (Phi) is 1.86. The average Bonchev–Trinajstić information content (AvgIpc) is 2.10. The monoisotopic (exact) mass is 177 g/mol. The van der Waals surface area contributed by atoms with E-state index in [9.17, 15) is 13.2 Å². The molecule has 0 unspecified atom stereocenters. The van der Waals surface area contributed by atoms with Gasteiger partial charge in [0, 0.05) is 12.3 Å². The molecule has 0 aliphatic carbocycles. The fraction of sp³-hybridized carbons (Fsp3) is 0.400. The Labute approximate surface area is 62.9 Å². The molecule has 0 saturated heterocycles. The van der Waals surface area contributed by atoms with Crippen molar-refractivity contribution in [3.63, 3.8) is 0 Å². The second kappa shape index (κ2) is 2.54. The van der Waals surface area contributed by atoms with Gasteiger partial charge in [-0.2, -0.15) is 5.16 Å². The number of H-pyrrole nitrogens is 1. The van der Waals surface area contributed by atoms with Crippen LogP contribution in [0.5, 0.6) is 0 Å². The summed E-state index contributed by atoms with van der Waals surface area (Å²) >= 11 is 0. The molecule has 0 aliphatic heterocycles. The van der Waals surface area contributed by atoms with Gasteiger partial charge in [0.1, 0.15) is 5.75 Å². The molecule has 6 heteroatoms. The molecule has 0 radical (unpaired) electrons. The van der Waals surface area contributed by atoms with Gasteiger partial charge in [0.15, 0.2) is 15.6 Å². The molecule has 11 heavy (non-hydrogen) atoms. The van der Waals surface area contributed by atoms with Gasteiger partial charge in [-0.1, -0.05) is 0 Å². The normalized spacial score (nSPS) is 11.7. The van der Waals surface area contributed by atoms with Gasteiger partial charge in [0.05, 0.1) is 0 Å². The maximum atomic E-state index is 10.6. The van der Waals surface area contributed by atoms with Crippen LogP contribution < -0.4 is 5.56 Å². The zero-order chi connectivity index (χ0) is 8.48. The summed E-state index contributed by atoms with van der Waals surface area (Å²) in [6, 6.07) is 1.11. The topological polar surface area (TPSA) is 80.1 Å². The molecule has 1 aromatic rings. The zero-order valence-electron chi connectivity index (χ0n) is 5.83. The Balaban J connectivity index is 2.90. The number of sulfone groups is 1. The van der Waals surface area contributed by atoms with E-state index in [1.54, 1.807) is 0 Å². The summed E-state index contributed by atoms with van der Waals surface area (Å²) in [6.07, 6.45) is 1.07. The first-order valence-corrected chi connectivity index (χ1v) is 4.88. The van der Waals surface area contributed by atoms with Gasteiger partial charge in [-0.3, -0.25) is 4.79 Å². The van der Waals surface area contributed by atoms with Gasteiger partial charge in [-0.05, 0) is 0 Å². The first-order chi connectivity index (χ1) is 4.97. The van der Waals surface area contributed by atoms with E-state index in [1.807, 2.05) is 5.16 Å². The van der Waals surface area contributed by atoms with Gasteiger partial charge < -0.3 is 4.52 Å². The summed E-state index contributed by atoms with van der Waals surface area (Å²) in [7, 11) is -3.12. The molecule has 62 valence electrons. The van der Waals surface area contributed by atoms with Gasteiger partial charge in [0.25, 0.3) is 5.56 Å². The smallest absolute Gasteiger partial charge is 0.280 e. The second-order valence-electron chi connectivity index (χ2n) is 2.25. The highest BCUT2D eigenvalue weighted by Gasteiger charge is 2.07. The first kappa shape index (κ1) is 8.06. The zero-order valence-corrected chi connectivity index (χ0v) is 6.64. The fourth-order valence-corrected chi connectivity index (χ4v) is 1.31. The van der Waals surface area contributed by atoms with E-state index in [-0.39, 0.29) is 11.5 Å². The lowest BCUT2D eigenvalue weighted by molar-refractivity contribution is 0.388. The molecule has 0 aromatic carbocycles. The maximum absolute atomic E-state index is 10.6. The molecule has 0 atom stereocenters. The molecule has 0 bridgehead atoms. The minimum absolute atomic E-state index is 0.137. The lowest BCUT2D eigenvalue weighted by Gasteiger charge is -1.89. The van der Waals surface area contributed by atoms with E-state index in [0.29, 0.717) is 0 Å². The van der Waals surface area contributed by atoms with E-state index in [2.05, 4.69) is 4.52 Å². The molecular formula is C5H7NO4S. The van der Waals surface area contributed by atoms with Gasteiger partial charge in [0.2, 0.25) is 0 Å². The minimum atomic E-state index is -3.12. The number of hydrogen-bond donors (Lipinski definition) is 1. The van der Waals surface area contributed by atoms with Crippen LogP contribution in [0.15, 0.2) is 15.4 Å². The molecule has 0 amide bonds. The molecule has 5 nitrogen and oxygen atoms in total. The Bertz CT molecular complexity index is 385. The van der Waals surface area contributed by atoms with E-state index >= 15 is 0 Å². The second-order valence-corrected chi connectivity index (χ2v) is 4.39. The van der Waals surface area contributed by atoms with Crippen LogP contribution in [0.2, 0.25) is 0 Å². The van der Waals surface area contributed by atoms with Crippen molar-refractivity contribution in [3.8, 4) is 0 Å². The van der Waals surface area contributed by atoms with Crippen molar-refractivity contribution in [2.45, 2.75) is 5.75 Å². The summed E-state index contributed by atoms with van der Waals surface area (Å²) in [5, 5.41) is 2.00. The summed E-state index contributed by atoms with van der Waals surface area (Å²) in [6.45, 7) is 0. The van der Waals surface area contributed by atoms with E-state index in [0.717, 1.165) is 12.3 Å². The Hall–Kier alpha value is -1.04. The highest BCUT2D eigenvalue weighted by atomic mass is 32.2. The van der Waals surface area contributed by atoms with Crippen molar-refractivity contribution in [2.24, 2.45) is 0 Å². The lowest BCUT2D eigenvalue weighted by Crippen LogP contribution is -1.99. The third-order valence-electron chi connectivity index (χ3n) is 0.979. The predicted molar refractivity (Wildman–Crippen MR) is 37.9 cm³/mol. The number of nitrogens with one attached hydrogen (secondary N) is 1. The largest absolute Gasteiger partial charge is 0.382 e. The molecule has 0 saturated carbocycles. The number of aromatic nitrogens is 1. The minimum Gasteiger partial charge on any atom is -0.382 e. The van der Waals surface area contributed by atoms with Gasteiger partial charge in [-0.15, -0.1) is 0 Å². The summed E-state index contributed by atoms with van der Waals surface area (Å²) in [5.41, 5.74) is -0.427. The SMILES string of the molecule is CS(=O)(=O)Cc1cc(=O)[nH]o1. The van der Waals surface area contributed by atoms with Crippen LogP contribution in [-0.4, -0.2) is 19.8 Å². The van der Waals surface area contributed by atoms with Crippen LogP contribution in [0.3, 0.4) is 0 Å². The van der Waals surface area contributed by atoms with E-state index < -0.39 is 15.4 Å². The molecule has 0 fully saturated rings.